The molecule has 0 spiro atoms. The molecule has 0 N–H and O–H groups in total. The summed E-state index contributed by atoms with van der Waals surface area (Å²) in [6, 6.07) is 4.18. The lowest BCUT2D eigenvalue weighted by molar-refractivity contribution is -0.145. The average molecular weight is 599 g/mol. The number of carbonyl (C=O) groups is 2. The van der Waals surface area contributed by atoms with Gasteiger partial charge in [0.2, 0.25) is 0 Å². The van der Waals surface area contributed by atoms with Gasteiger partial charge in [0.05, 0.1) is 48.6 Å². The number of hydrogen-bond acceptors (Lipinski definition) is 8. The molecule has 8 nitrogen and oxygen atoms in total. The highest BCUT2D eigenvalue weighted by atomic mass is 35.5. The van der Waals surface area contributed by atoms with Gasteiger partial charge in [-0.25, -0.2) is 9.97 Å². The lowest BCUT2D eigenvalue weighted by Gasteiger charge is -2.33. The predicted octanol–water partition coefficient (Wildman–Crippen LogP) is 4.82. The van der Waals surface area contributed by atoms with E-state index in [0.717, 1.165) is 31.3 Å². The Balaban J connectivity index is 0.000000294. The van der Waals surface area contributed by atoms with Gasteiger partial charge >= 0.3 is 24.3 Å². The summed E-state index contributed by atoms with van der Waals surface area (Å²) in [7, 11) is 1.99. The van der Waals surface area contributed by atoms with Gasteiger partial charge in [0.25, 0.3) is 0 Å². The molecule has 2 aromatic rings. The van der Waals surface area contributed by atoms with Crippen molar-refractivity contribution in [2.24, 2.45) is 0 Å². The van der Waals surface area contributed by atoms with E-state index in [2.05, 4.69) is 19.6 Å². The maximum Gasteiger partial charge on any atom is 0.418 e. The molecular formula is C25H29ClF6N4O4. The smallest absolute Gasteiger partial charge is 0.418 e. The van der Waals surface area contributed by atoms with Crippen molar-refractivity contribution in [3.05, 3.63) is 51.9 Å². The minimum absolute atomic E-state index is 0.0980. The first-order valence-electron chi connectivity index (χ1n) is 12.2. The normalized spacial score (nSPS) is 14.3. The molecule has 1 saturated heterocycles. The molecule has 40 heavy (non-hydrogen) atoms. The van der Waals surface area contributed by atoms with Crippen LogP contribution < -0.4 is 4.90 Å². The Morgan fingerprint density at radius 1 is 0.800 bits per heavy atom. The number of halogens is 7. The topological polar surface area (TPSA) is 84.9 Å². The molecule has 0 unspecified atom stereocenters. The predicted molar refractivity (Wildman–Crippen MR) is 134 cm³/mol. The van der Waals surface area contributed by atoms with E-state index >= 15 is 0 Å². The summed E-state index contributed by atoms with van der Waals surface area (Å²) < 4.78 is 86.3. The first-order valence-corrected chi connectivity index (χ1v) is 12.6. The lowest BCUT2D eigenvalue weighted by atomic mass is 10.1. The van der Waals surface area contributed by atoms with Crippen molar-refractivity contribution in [1.82, 2.24) is 14.9 Å². The lowest BCUT2D eigenvalue weighted by Crippen LogP contribution is -2.45. The molecule has 222 valence electrons. The van der Waals surface area contributed by atoms with Crippen molar-refractivity contribution in [2.75, 3.05) is 51.3 Å². The van der Waals surface area contributed by atoms with E-state index in [4.69, 9.17) is 16.3 Å². The summed E-state index contributed by atoms with van der Waals surface area (Å²) >= 11 is 5.50. The van der Waals surface area contributed by atoms with E-state index < -0.39 is 54.0 Å². The average Bonchev–Trinajstić information content (AvgIpc) is 2.84. The number of aromatic nitrogens is 2. The van der Waals surface area contributed by atoms with Crippen LogP contribution in [0.15, 0.2) is 24.3 Å². The van der Waals surface area contributed by atoms with Crippen molar-refractivity contribution >= 4 is 29.4 Å². The van der Waals surface area contributed by atoms with Crippen LogP contribution in [0.1, 0.15) is 36.4 Å². The van der Waals surface area contributed by atoms with Crippen LogP contribution in [-0.2, 0) is 44.3 Å². The van der Waals surface area contributed by atoms with Crippen molar-refractivity contribution in [3.63, 3.8) is 0 Å². The second kappa shape index (κ2) is 14.5. The van der Waals surface area contributed by atoms with Gasteiger partial charge in [0.15, 0.2) is 0 Å². The third kappa shape index (κ3) is 10.1. The number of anilines is 1. The van der Waals surface area contributed by atoms with Crippen LogP contribution in [0.2, 0.25) is 5.15 Å². The van der Waals surface area contributed by atoms with Crippen LogP contribution in [0.3, 0.4) is 0 Å². The number of piperazine rings is 1. The van der Waals surface area contributed by atoms with Crippen LogP contribution in [0.4, 0.5) is 32.2 Å². The van der Waals surface area contributed by atoms with Crippen LogP contribution in [-0.4, -0.2) is 73.2 Å². The highest BCUT2D eigenvalue weighted by Crippen LogP contribution is 2.33. The standard InChI is InChI=1S/C15H20F3N3O2.C10H9ClF3NO2/c1-3-23-14(22)10-12-11(15(16,17)18)4-5-13(19-12)21-8-6-20(2)7-9-21;1-2-17-9(16)5-7-6(10(12,13)14)3-4-8(11)15-7/h4-5H,3,6-10H2,1-2H3;3-4H,2,5H2,1H3. The van der Waals surface area contributed by atoms with Crippen LogP contribution >= 0.6 is 11.6 Å². The fourth-order valence-electron chi connectivity index (χ4n) is 3.66. The molecule has 0 aliphatic carbocycles. The van der Waals surface area contributed by atoms with Gasteiger partial charge in [-0.2, -0.15) is 26.3 Å². The molecule has 0 saturated carbocycles. The summed E-state index contributed by atoms with van der Waals surface area (Å²) in [6.07, 6.45) is -10.2. The molecule has 0 amide bonds. The minimum Gasteiger partial charge on any atom is -0.466 e. The Bertz CT molecular complexity index is 1160. The zero-order valence-electron chi connectivity index (χ0n) is 22.0. The van der Waals surface area contributed by atoms with Gasteiger partial charge < -0.3 is 19.3 Å². The zero-order valence-corrected chi connectivity index (χ0v) is 22.8. The Morgan fingerprint density at radius 2 is 1.25 bits per heavy atom. The van der Waals surface area contributed by atoms with Gasteiger partial charge in [-0.15, -0.1) is 0 Å². The third-order valence-corrected chi connectivity index (χ3v) is 5.78. The number of pyridine rings is 2. The highest BCUT2D eigenvalue weighted by molar-refractivity contribution is 6.29. The number of rotatable bonds is 7. The van der Waals surface area contributed by atoms with E-state index in [9.17, 15) is 35.9 Å². The van der Waals surface area contributed by atoms with Gasteiger partial charge in [-0.1, -0.05) is 11.6 Å². The Kier molecular flexibility index (Phi) is 12.0. The highest BCUT2D eigenvalue weighted by Gasteiger charge is 2.36. The number of hydrogen-bond donors (Lipinski definition) is 0. The van der Waals surface area contributed by atoms with Crippen LogP contribution in [0.5, 0.6) is 0 Å². The summed E-state index contributed by atoms with van der Waals surface area (Å²) in [5, 5.41) is -0.0997. The Hall–Kier alpha value is -3.13. The molecule has 0 radical (unpaired) electrons. The van der Waals surface area contributed by atoms with E-state index in [1.165, 1.54) is 6.07 Å². The maximum atomic E-state index is 13.1. The summed E-state index contributed by atoms with van der Waals surface area (Å²) in [5.74, 6) is -1.01. The largest absolute Gasteiger partial charge is 0.466 e. The SMILES string of the molecule is CCOC(=O)Cc1nc(Cl)ccc1C(F)(F)F.CCOC(=O)Cc1nc(N2CCN(C)CC2)ccc1C(F)(F)F. The fraction of sp³-hybridized carbons (Fsp3) is 0.520. The number of esters is 2. The molecule has 0 aromatic carbocycles. The van der Waals surface area contributed by atoms with Gasteiger partial charge in [0.1, 0.15) is 11.0 Å². The number of nitrogens with zero attached hydrogens (tertiary/aromatic N) is 4. The van der Waals surface area contributed by atoms with Gasteiger partial charge in [-0.3, -0.25) is 9.59 Å². The molecule has 2 aromatic heterocycles. The van der Waals surface area contributed by atoms with Crippen molar-refractivity contribution in [3.8, 4) is 0 Å². The monoisotopic (exact) mass is 598 g/mol. The quantitative estimate of drug-likeness (QED) is 0.255. The second-order valence-corrected chi connectivity index (χ2v) is 8.93. The Labute approximate surface area is 232 Å². The maximum absolute atomic E-state index is 13.1. The molecule has 0 bridgehead atoms. The van der Waals surface area contributed by atoms with Crippen LogP contribution in [0, 0.1) is 0 Å². The molecule has 1 aliphatic rings. The summed E-state index contributed by atoms with van der Waals surface area (Å²) in [4.78, 5) is 34.4. The van der Waals surface area contributed by atoms with Gasteiger partial charge in [-0.05, 0) is 45.2 Å². The number of ether oxygens (including phenoxy) is 2. The first kappa shape index (κ1) is 33.1. The molecule has 0 atom stereocenters. The van der Waals surface area contributed by atoms with Crippen molar-refractivity contribution in [1.29, 1.82) is 0 Å². The van der Waals surface area contributed by atoms with Crippen molar-refractivity contribution in [2.45, 2.75) is 39.0 Å². The molecule has 15 heteroatoms. The molecular weight excluding hydrogens is 570 g/mol. The van der Waals surface area contributed by atoms with E-state index in [-0.39, 0.29) is 24.1 Å². The minimum atomic E-state index is -4.57. The third-order valence-electron chi connectivity index (χ3n) is 5.57. The van der Waals surface area contributed by atoms with E-state index in [1.807, 2.05) is 11.9 Å². The zero-order chi connectivity index (χ0) is 30.1. The Morgan fingerprint density at radius 3 is 1.70 bits per heavy atom. The van der Waals surface area contributed by atoms with Gasteiger partial charge in [0, 0.05) is 26.2 Å². The number of likely N-dealkylation sites (N-methyl/N-ethyl adjacent to an activating group) is 1. The number of alkyl halides is 6. The summed E-state index contributed by atoms with van der Waals surface area (Å²) in [6.45, 7) is 6.40. The first-order chi connectivity index (χ1) is 18.6. The molecule has 3 heterocycles. The molecule has 1 aliphatic heterocycles. The van der Waals surface area contributed by atoms with Crippen LogP contribution in [0.25, 0.3) is 0 Å². The fourth-order valence-corrected chi connectivity index (χ4v) is 3.82. The second-order valence-electron chi connectivity index (χ2n) is 8.54. The van der Waals surface area contributed by atoms with E-state index in [1.54, 1.807) is 13.8 Å². The number of carbonyl (C=O) groups excluding carboxylic acids is 2. The summed E-state index contributed by atoms with van der Waals surface area (Å²) in [5.41, 5.74) is -2.57. The van der Waals surface area contributed by atoms with Crippen molar-refractivity contribution < 1.29 is 45.4 Å². The molecule has 3 rings (SSSR count). The molecule has 1 fully saturated rings. The van der Waals surface area contributed by atoms with E-state index in [0.29, 0.717) is 18.9 Å².